The normalized spacial score (nSPS) is 15.8. The van der Waals surface area contributed by atoms with Gasteiger partial charge in [-0.15, -0.1) is 0 Å². The van der Waals surface area contributed by atoms with Crippen LogP contribution in [0, 0.1) is 12.8 Å². The molecule has 0 aliphatic heterocycles. The van der Waals surface area contributed by atoms with E-state index in [2.05, 4.69) is 4.98 Å². The van der Waals surface area contributed by atoms with E-state index < -0.39 is 0 Å². The first-order valence-electron chi connectivity index (χ1n) is 4.61. The molecule has 0 aromatic carbocycles. The number of pyridine rings is 1. The highest BCUT2D eigenvalue weighted by molar-refractivity contribution is 5.42. The van der Waals surface area contributed by atoms with Gasteiger partial charge in [-0.3, -0.25) is 0 Å². The Kier molecular flexibility index (Phi) is 2.08. The summed E-state index contributed by atoms with van der Waals surface area (Å²) in [6.07, 6.45) is 2.59. The lowest BCUT2D eigenvalue weighted by atomic mass is 10.3. The summed E-state index contributed by atoms with van der Waals surface area (Å²) < 4.78 is 5.50. The summed E-state index contributed by atoms with van der Waals surface area (Å²) in [7, 11) is 0. The molecule has 0 radical (unpaired) electrons. The minimum atomic E-state index is 0.657. The van der Waals surface area contributed by atoms with E-state index in [9.17, 15) is 0 Å². The zero-order valence-corrected chi connectivity index (χ0v) is 7.79. The number of nitrogens with zero attached hydrogens (tertiary/aromatic N) is 1. The summed E-state index contributed by atoms with van der Waals surface area (Å²) in [4.78, 5) is 4.23. The summed E-state index contributed by atoms with van der Waals surface area (Å²) in [6, 6.07) is 3.61. The van der Waals surface area contributed by atoms with Crippen LogP contribution in [0.25, 0.3) is 0 Å². The lowest BCUT2D eigenvalue weighted by Crippen LogP contribution is -2.02. The highest BCUT2D eigenvalue weighted by atomic mass is 16.5. The maximum absolute atomic E-state index is 5.66. The Morgan fingerprint density at radius 2 is 2.31 bits per heavy atom. The summed E-state index contributed by atoms with van der Waals surface area (Å²) >= 11 is 0. The van der Waals surface area contributed by atoms with Crippen molar-refractivity contribution < 1.29 is 4.74 Å². The van der Waals surface area contributed by atoms with Gasteiger partial charge in [-0.2, -0.15) is 0 Å². The van der Waals surface area contributed by atoms with Crippen molar-refractivity contribution in [2.75, 3.05) is 12.3 Å². The van der Waals surface area contributed by atoms with Crippen molar-refractivity contribution in [3.63, 3.8) is 0 Å². The molecule has 2 N–H and O–H groups in total. The molecule has 1 heterocycles. The highest BCUT2D eigenvalue weighted by Crippen LogP contribution is 2.29. The van der Waals surface area contributed by atoms with Crippen LogP contribution in [-0.2, 0) is 0 Å². The van der Waals surface area contributed by atoms with Gasteiger partial charge in [-0.05, 0) is 31.7 Å². The molecule has 2 rings (SSSR count). The number of anilines is 1. The topological polar surface area (TPSA) is 48.1 Å². The van der Waals surface area contributed by atoms with Gasteiger partial charge in [0.05, 0.1) is 6.61 Å². The molecular weight excluding hydrogens is 164 g/mol. The molecule has 3 nitrogen and oxygen atoms in total. The molecule has 1 fully saturated rings. The number of aryl methyl sites for hydroxylation is 1. The number of hydrogen-bond acceptors (Lipinski definition) is 3. The third-order valence-electron chi connectivity index (χ3n) is 2.12. The Hall–Kier alpha value is -1.25. The van der Waals surface area contributed by atoms with E-state index in [1.807, 2.05) is 13.0 Å². The van der Waals surface area contributed by atoms with Crippen LogP contribution in [-0.4, -0.2) is 11.6 Å². The number of rotatable bonds is 3. The van der Waals surface area contributed by atoms with Crippen molar-refractivity contribution in [1.82, 2.24) is 4.98 Å². The van der Waals surface area contributed by atoms with E-state index in [0.29, 0.717) is 5.88 Å². The average Bonchev–Trinajstić information content (AvgIpc) is 2.81. The molecule has 0 saturated heterocycles. The Balaban J connectivity index is 2.01. The third-order valence-corrected chi connectivity index (χ3v) is 2.12. The van der Waals surface area contributed by atoms with Gasteiger partial charge in [-0.1, -0.05) is 0 Å². The number of aromatic nitrogens is 1. The van der Waals surface area contributed by atoms with Crippen molar-refractivity contribution in [1.29, 1.82) is 0 Å². The molecule has 70 valence electrons. The van der Waals surface area contributed by atoms with Crippen LogP contribution in [0.15, 0.2) is 12.1 Å². The first-order valence-corrected chi connectivity index (χ1v) is 4.61. The van der Waals surface area contributed by atoms with Crippen LogP contribution >= 0.6 is 0 Å². The van der Waals surface area contributed by atoms with Crippen molar-refractivity contribution >= 4 is 5.69 Å². The SMILES string of the molecule is Cc1cc(N)cc(OCC2CC2)n1. The van der Waals surface area contributed by atoms with E-state index in [1.54, 1.807) is 6.07 Å². The second kappa shape index (κ2) is 3.24. The van der Waals surface area contributed by atoms with Gasteiger partial charge in [0.15, 0.2) is 0 Å². The van der Waals surface area contributed by atoms with Crippen LogP contribution in [0.4, 0.5) is 5.69 Å². The number of nitrogen functional groups attached to an aromatic ring is 1. The second-order valence-corrected chi connectivity index (χ2v) is 3.63. The molecule has 13 heavy (non-hydrogen) atoms. The van der Waals surface area contributed by atoms with Gasteiger partial charge >= 0.3 is 0 Å². The van der Waals surface area contributed by atoms with Gasteiger partial charge in [0.2, 0.25) is 5.88 Å². The summed E-state index contributed by atoms with van der Waals surface area (Å²) in [5.41, 5.74) is 7.29. The van der Waals surface area contributed by atoms with Crippen molar-refractivity contribution in [3.05, 3.63) is 17.8 Å². The summed E-state index contributed by atoms with van der Waals surface area (Å²) in [6.45, 7) is 2.70. The largest absolute Gasteiger partial charge is 0.477 e. The molecule has 1 aliphatic carbocycles. The maximum Gasteiger partial charge on any atom is 0.215 e. The predicted octanol–water partition coefficient (Wildman–Crippen LogP) is 1.76. The van der Waals surface area contributed by atoms with E-state index >= 15 is 0 Å². The Labute approximate surface area is 77.9 Å². The van der Waals surface area contributed by atoms with Crippen molar-refractivity contribution in [2.45, 2.75) is 19.8 Å². The molecule has 0 atom stereocenters. The molecule has 0 spiro atoms. The highest BCUT2D eigenvalue weighted by Gasteiger charge is 2.22. The van der Waals surface area contributed by atoms with Crippen molar-refractivity contribution in [3.8, 4) is 5.88 Å². The number of ether oxygens (including phenoxy) is 1. The van der Waals surface area contributed by atoms with Crippen LogP contribution in [0.1, 0.15) is 18.5 Å². The molecule has 3 heteroatoms. The maximum atomic E-state index is 5.66. The van der Waals surface area contributed by atoms with Gasteiger partial charge in [0.25, 0.3) is 0 Å². The molecular formula is C10H14N2O. The number of nitrogens with two attached hydrogens (primary N) is 1. The van der Waals surface area contributed by atoms with Crippen LogP contribution in [0.3, 0.4) is 0 Å². The van der Waals surface area contributed by atoms with Gasteiger partial charge in [-0.25, -0.2) is 4.98 Å². The molecule has 0 amide bonds. The standard InChI is InChI=1S/C10H14N2O/c1-7-4-9(11)5-10(12-7)13-6-8-2-3-8/h4-5,8H,2-3,6H2,1H3,(H2,11,12). The quantitative estimate of drug-likeness (QED) is 0.767. The van der Waals surface area contributed by atoms with Gasteiger partial charge < -0.3 is 10.5 Å². The predicted molar refractivity (Wildman–Crippen MR) is 51.6 cm³/mol. The molecule has 1 aliphatic rings. The third kappa shape index (κ3) is 2.34. The van der Waals surface area contributed by atoms with Crippen molar-refractivity contribution in [2.24, 2.45) is 5.92 Å². The first-order chi connectivity index (χ1) is 6.24. The summed E-state index contributed by atoms with van der Waals surface area (Å²) in [5.74, 6) is 1.41. The monoisotopic (exact) mass is 178 g/mol. The number of hydrogen-bond donors (Lipinski definition) is 1. The van der Waals surface area contributed by atoms with Crippen LogP contribution in [0.2, 0.25) is 0 Å². The molecule has 1 aromatic rings. The van der Waals surface area contributed by atoms with Gasteiger partial charge in [0.1, 0.15) is 0 Å². The fourth-order valence-electron chi connectivity index (χ4n) is 1.23. The van der Waals surface area contributed by atoms with E-state index in [4.69, 9.17) is 10.5 Å². The zero-order valence-electron chi connectivity index (χ0n) is 7.79. The lowest BCUT2D eigenvalue weighted by Gasteiger charge is -2.05. The fraction of sp³-hybridized carbons (Fsp3) is 0.500. The molecule has 0 unspecified atom stereocenters. The average molecular weight is 178 g/mol. The second-order valence-electron chi connectivity index (χ2n) is 3.63. The Morgan fingerprint density at radius 3 is 2.92 bits per heavy atom. The van der Waals surface area contributed by atoms with E-state index in [0.717, 1.165) is 23.9 Å². The minimum absolute atomic E-state index is 0.657. The summed E-state index contributed by atoms with van der Waals surface area (Å²) in [5, 5.41) is 0. The Morgan fingerprint density at radius 1 is 1.54 bits per heavy atom. The fourth-order valence-corrected chi connectivity index (χ4v) is 1.23. The molecule has 0 bridgehead atoms. The van der Waals surface area contributed by atoms with Gasteiger partial charge in [0, 0.05) is 17.4 Å². The van der Waals surface area contributed by atoms with E-state index in [-0.39, 0.29) is 0 Å². The smallest absolute Gasteiger partial charge is 0.215 e. The molecule has 1 saturated carbocycles. The van der Waals surface area contributed by atoms with E-state index in [1.165, 1.54) is 12.8 Å². The minimum Gasteiger partial charge on any atom is -0.477 e. The van der Waals surface area contributed by atoms with Crippen LogP contribution < -0.4 is 10.5 Å². The zero-order chi connectivity index (χ0) is 9.26. The van der Waals surface area contributed by atoms with Crippen LogP contribution in [0.5, 0.6) is 5.88 Å². The molecule has 1 aromatic heterocycles. The first kappa shape index (κ1) is 8.35. The lowest BCUT2D eigenvalue weighted by molar-refractivity contribution is 0.288. The Bertz CT molecular complexity index is 288.